The molecule has 92 valence electrons. The van der Waals surface area contributed by atoms with E-state index >= 15 is 0 Å². The minimum atomic E-state index is -0.0808. The number of nitrogens with two attached hydrogens (primary N) is 1. The van der Waals surface area contributed by atoms with Gasteiger partial charge < -0.3 is 11.1 Å². The molecule has 1 amide bonds. The highest BCUT2D eigenvalue weighted by Gasteiger charge is 2.29. The molecule has 2 rings (SSSR count). The predicted octanol–water partition coefficient (Wildman–Crippen LogP) is 3.06. The Bertz CT molecular complexity index is 433. The van der Waals surface area contributed by atoms with E-state index in [1.54, 1.807) is 18.2 Å². The molecule has 0 radical (unpaired) electrons. The molecule has 1 atom stereocenters. The van der Waals surface area contributed by atoms with Crippen LogP contribution in [0.25, 0.3) is 0 Å². The van der Waals surface area contributed by atoms with Gasteiger partial charge in [-0.3, -0.25) is 4.79 Å². The van der Waals surface area contributed by atoms with Crippen LogP contribution in [0, 0.1) is 5.92 Å². The van der Waals surface area contributed by atoms with E-state index in [4.69, 9.17) is 28.9 Å². The van der Waals surface area contributed by atoms with E-state index in [2.05, 4.69) is 5.32 Å². The number of hydrogen-bond donors (Lipinski definition) is 2. The van der Waals surface area contributed by atoms with Gasteiger partial charge in [0.25, 0.3) is 0 Å². The normalized spacial score (nSPS) is 16.6. The van der Waals surface area contributed by atoms with Gasteiger partial charge in [-0.25, -0.2) is 0 Å². The minimum absolute atomic E-state index is 0.0298. The maximum atomic E-state index is 11.7. The molecule has 1 aromatic carbocycles. The number of benzene rings is 1. The monoisotopic (exact) mass is 272 g/mol. The van der Waals surface area contributed by atoms with Crippen molar-refractivity contribution in [2.45, 2.75) is 25.3 Å². The second-order valence-electron chi connectivity index (χ2n) is 4.38. The second-order valence-corrected chi connectivity index (χ2v) is 5.20. The summed E-state index contributed by atoms with van der Waals surface area (Å²) in [6.45, 7) is 0. The highest BCUT2D eigenvalue weighted by molar-refractivity contribution is 6.42. The van der Waals surface area contributed by atoms with Crippen molar-refractivity contribution >= 4 is 34.8 Å². The Balaban J connectivity index is 1.90. The summed E-state index contributed by atoms with van der Waals surface area (Å²) in [4.78, 5) is 11.7. The molecule has 1 saturated carbocycles. The van der Waals surface area contributed by atoms with Crippen LogP contribution in [0.15, 0.2) is 18.2 Å². The van der Waals surface area contributed by atoms with Gasteiger partial charge >= 0.3 is 0 Å². The van der Waals surface area contributed by atoms with Gasteiger partial charge in [0.1, 0.15) is 0 Å². The lowest BCUT2D eigenvalue weighted by Crippen LogP contribution is -2.28. The maximum absolute atomic E-state index is 11.7. The van der Waals surface area contributed by atoms with Crippen LogP contribution in [0.1, 0.15) is 19.3 Å². The highest BCUT2D eigenvalue weighted by Crippen LogP contribution is 2.33. The topological polar surface area (TPSA) is 55.1 Å². The molecule has 3 nitrogen and oxygen atoms in total. The first-order valence-electron chi connectivity index (χ1n) is 5.57. The third-order valence-electron chi connectivity index (χ3n) is 2.85. The fraction of sp³-hybridized carbons (Fsp3) is 0.417. The lowest BCUT2D eigenvalue weighted by Gasteiger charge is -2.10. The fourth-order valence-corrected chi connectivity index (χ4v) is 1.99. The first-order chi connectivity index (χ1) is 8.06. The highest BCUT2D eigenvalue weighted by atomic mass is 35.5. The number of carbonyl (C=O) groups excluding carboxylic acids is 1. The van der Waals surface area contributed by atoms with Crippen LogP contribution in [-0.2, 0) is 4.79 Å². The molecule has 1 aliphatic rings. The van der Waals surface area contributed by atoms with Crippen LogP contribution >= 0.6 is 23.2 Å². The zero-order valence-electron chi connectivity index (χ0n) is 9.25. The Kier molecular flexibility index (Phi) is 3.92. The van der Waals surface area contributed by atoms with Crippen molar-refractivity contribution in [1.29, 1.82) is 0 Å². The van der Waals surface area contributed by atoms with Crippen molar-refractivity contribution in [3.05, 3.63) is 28.2 Å². The van der Waals surface area contributed by atoms with Gasteiger partial charge in [0, 0.05) is 18.2 Å². The summed E-state index contributed by atoms with van der Waals surface area (Å²) in [7, 11) is 0. The molecule has 1 unspecified atom stereocenters. The Hall–Kier alpha value is -0.770. The Morgan fingerprint density at radius 2 is 2.12 bits per heavy atom. The summed E-state index contributed by atoms with van der Waals surface area (Å²) >= 11 is 11.6. The SMILES string of the molecule is NC(CC(=O)Nc1ccc(Cl)c(Cl)c1)C1CC1. The molecule has 1 fully saturated rings. The number of amides is 1. The molecule has 5 heteroatoms. The quantitative estimate of drug-likeness (QED) is 0.885. The molecule has 1 aliphatic carbocycles. The number of hydrogen-bond acceptors (Lipinski definition) is 2. The van der Waals surface area contributed by atoms with Crippen molar-refractivity contribution in [3.63, 3.8) is 0 Å². The van der Waals surface area contributed by atoms with Crippen LogP contribution in [0.4, 0.5) is 5.69 Å². The van der Waals surface area contributed by atoms with Crippen LogP contribution in [-0.4, -0.2) is 11.9 Å². The standard InChI is InChI=1S/C12H14Cl2N2O/c13-9-4-3-8(5-10(9)14)16-12(17)6-11(15)7-1-2-7/h3-5,7,11H,1-2,6,15H2,(H,16,17). The van der Waals surface area contributed by atoms with Gasteiger partial charge in [-0.05, 0) is 37.0 Å². The number of anilines is 1. The van der Waals surface area contributed by atoms with E-state index in [1.165, 1.54) is 0 Å². The van der Waals surface area contributed by atoms with Gasteiger partial charge in [-0.2, -0.15) is 0 Å². The Morgan fingerprint density at radius 1 is 1.41 bits per heavy atom. The third-order valence-corrected chi connectivity index (χ3v) is 3.59. The van der Waals surface area contributed by atoms with Crippen LogP contribution in [0.5, 0.6) is 0 Å². The predicted molar refractivity (Wildman–Crippen MR) is 70.4 cm³/mol. The average molecular weight is 273 g/mol. The van der Waals surface area contributed by atoms with E-state index in [9.17, 15) is 4.79 Å². The fourth-order valence-electron chi connectivity index (χ4n) is 1.69. The molecule has 0 spiro atoms. The molecular weight excluding hydrogens is 259 g/mol. The summed E-state index contributed by atoms with van der Waals surface area (Å²) in [5.41, 5.74) is 6.53. The number of nitrogens with one attached hydrogen (secondary N) is 1. The summed E-state index contributed by atoms with van der Waals surface area (Å²) in [5.74, 6) is 0.442. The molecule has 0 saturated heterocycles. The van der Waals surface area contributed by atoms with Crippen LogP contribution < -0.4 is 11.1 Å². The lowest BCUT2D eigenvalue weighted by molar-refractivity contribution is -0.116. The van der Waals surface area contributed by atoms with E-state index in [-0.39, 0.29) is 11.9 Å². The molecule has 0 aliphatic heterocycles. The average Bonchev–Trinajstić information content (AvgIpc) is 3.06. The molecule has 1 aromatic rings. The van der Waals surface area contributed by atoms with E-state index in [0.29, 0.717) is 28.1 Å². The number of carbonyl (C=O) groups is 1. The van der Waals surface area contributed by atoms with Gasteiger partial charge in [0.05, 0.1) is 10.0 Å². The molecule has 0 bridgehead atoms. The Labute approximate surface area is 110 Å². The third kappa shape index (κ3) is 3.60. The van der Waals surface area contributed by atoms with Crippen molar-refractivity contribution in [2.24, 2.45) is 11.7 Å². The van der Waals surface area contributed by atoms with Crippen molar-refractivity contribution < 1.29 is 4.79 Å². The van der Waals surface area contributed by atoms with E-state index in [0.717, 1.165) is 12.8 Å². The van der Waals surface area contributed by atoms with Crippen LogP contribution in [0.3, 0.4) is 0 Å². The molecule has 0 heterocycles. The number of rotatable bonds is 4. The van der Waals surface area contributed by atoms with Gasteiger partial charge in [-0.1, -0.05) is 23.2 Å². The van der Waals surface area contributed by atoms with Crippen molar-refractivity contribution in [3.8, 4) is 0 Å². The number of halogens is 2. The maximum Gasteiger partial charge on any atom is 0.225 e. The van der Waals surface area contributed by atoms with Gasteiger partial charge in [-0.15, -0.1) is 0 Å². The van der Waals surface area contributed by atoms with E-state index < -0.39 is 0 Å². The zero-order chi connectivity index (χ0) is 12.4. The van der Waals surface area contributed by atoms with E-state index in [1.807, 2.05) is 0 Å². The smallest absolute Gasteiger partial charge is 0.225 e. The minimum Gasteiger partial charge on any atom is -0.327 e. The first-order valence-corrected chi connectivity index (χ1v) is 6.32. The summed E-state index contributed by atoms with van der Waals surface area (Å²) in [6.07, 6.45) is 2.63. The first kappa shape index (κ1) is 12.7. The summed E-state index contributed by atoms with van der Waals surface area (Å²) < 4.78 is 0. The van der Waals surface area contributed by atoms with Gasteiger partial charge in [0.2, 0.25) is 5.91 Å². The second kappa shape index (κ2) is 5.25. The summed E-state index contributed by atoms with van der Waals surface area (Å²) in [5, 5.41) is 3.66. The zero-order valence-corrected chi connectivity index (χ0v) is 10.8. The molecule has 17 heavy (non-hydrogen) atoms. The molecule has 0 aromatic heterocycles. The summed E-state index contributed by atoms with van der Waals surface area (Å²) in [6, 6.07) is 4.97. The van der Waals surface area contributed by atoms with Crippen LogP contribution in [0.2, 0.25) is 10.0 Å². The lowest BCUT2D eigenvalue weighted by atomic mass is 10.1. The molecular formula is C12H14Cl2N2O. The Morgan fingerprint density at radius 3 is 2.71 bits per heavy atom. The largest absolute Gasteiger partial charge is 0.327 e. The van der Waals surface area contributed by atoms with Gasteiger partial charge in [0.15, 0.2) is 0 Å². The van der Waals surface area contributed by atoms with Crippen molar-refractivity contribution in [2.75, 3.05) is 5.32 Å². The molecule has 3 N–H and O–H groups in total. The van der Waals surface area contributed by atoms with Crippen molar-refractivity contribution in [1.82, 2.24) is 0 Å².